The van der Waals surface area contributed by atoms with Crippen molar-refractivity contribution < 1.29 is 9.53 Å². The number of benzene rings is 4. The van der Waals surface area contributed by atoms with E-state index < -0.39 is 0 Å². The largest absolute Gasteiger partial charge is 0.422 e. The molecule has 0 spiro atoms. The summed E-state index contributed by atoms with van der Waals surface area (Å²) in [6.07, 6.45) is 3.74. The van der Waals surface area contributed by atoms with Crippen molar-refractivity contribution in [2.45, 2.75) is 6.92 Å². The van der Waals surface area contributed by atoms with Crippen LogP contribution < -0.4 is 0 Å². The summed E-state index contributed by atoms with van der Waals surface area (Å²) in [5.41, 5.74) is 3.71. The zero-order valence-electron chi connectivity index (χ0n) is 15.5. The van der Waals surface area contributed by atoms with E-state index in [4.69, 9.17) is 4.74 Å². The predicted octanol–water partition coefficient (Wildman–Crippen LogP) is 6.28. The number of carbonyl (C=O) groups is 1. The average molecular weight is 362 g/mol. The van der Waals surface area contributed by atoms with Gasteiger partial charge in [-0.25, -0.2) is 4.79 Å². The number of carbonyl (C=O) groups excluding carboxylic acids is 1. The second kappa shape index (κ2) is 6.50. The van der Waals surface area contributed by atoms with E-state index in [1.54, 1.807) is 0 Å². The molecule has 4 aromatic carbocycles. The Hall–Kier alpha value is -3.65. The van der Waals surface area contributed by atoms with Crippen LogP contribution in [0.3, 0.4) is 0 Å². The lowest BCUT2D eigenvalue weighted by Crippen LogP contribution is -1.97. The molecule has 0 aromatic heterocycles. The van der Waals surface area contributed by atoms with Crippen molar-refractivity contribution in [2.75, 3.05) is 0 Å². The maximum atomic E-state index is 12.5. The Kier molecular flexibility index (Phi) is 3.84. The van der Waals surface area contributed by atoms with Gasteiger partial charge in [0.05, 0.1) is 5.57 Å². The molecule has 0 bridgehead atoms. The topological polar surface area (TPSA) is 26.3 Å². The van der Waals surface area contributed by atoms with Crippen molar-refractivity contribution in [3.63, 3.8) is 0 Å². The number of rotatable bonds is 2. The number of hydrogen-bond acceptors (Lipinski definition) is 2. The van der Waals surface area contributed by atoms with Crippen molar-refractivity contribution in [3.05, 3.63) is 107 Å². The van der Waals surface area contributed by atoms with E-state index in [9.17, 15) is 4.79 Å². The van der Waals surface area contributed by atoms with Gasteiger partial charge in [0.25, 0.3) is 0 Å². The smallest absolute Gasteiger partial charge is 0.343 e. The predicted molar refractivity (Wildman–Crippen MR) is 115 cm³/mol. The van der Waals surface area contributed by atoms with Crippen LogP contribution >= 0.6 is 0 Å². The molecule has 28 heavy (non-hydrogen) atoms. The molecule has 1 heterocycles. The Balaban J connectivity index is 1.56. The van der Waals surface area contributed by atoms with Crippen LogP contribution in [-0.2, 0) is 9.53 Å². The molecule has 5 rings (SSSR count). The van der Waals surface area contributed by atoms with Gasteiger partial charge < -0.3 is 4.74 Å². The van der Waals surface area contributed by atoms with Crippen LogP contribution in [-0.4, -0.2) is 5.97 Å². The summed E-state index contributed by atoms with van der Waals surface area (Å²) in [7, 11) is 0. The van der Waals surface area contributed by atoms with Gasteiger partial charge in [0.2, 0.25) is 0 Å². The molecule has 0 saturated heterocycles. The van der Waals surface area contributed by atoms with Gasteiger partial charge in [-0.2, -0.15) is 0 Å². The van der Waals surface area contributed by atoms with Crippen molar-refractivity contribution in [2.24, 2.45) is 0 Å². The SMILES string of the molecule is Cc1ccc2cc(C3=C/C(=C\c4cccc5ccccc45)C(=O)O3)ccc2c1. The molecule has 0 amide bonds. The summed E-state index contributed by atoms with van der Waals surface area (Å²) in [6, 6.07) is 26.7. The Morgan fingerprint density at radius 2 is 1.57 bits per heavy atom. The molecule has 1 aliphatic heterocycles. The van der Waals surface area contributed by atoms with Gasteiger partial charge >= 0.3 is 5.97 Å². The Morgan fingerprint density at radius 1 is 0.786 bits per heavy atom. The quantitative estimate of drug-likeness (QED) is 0.310. The first kappa shape index (κ1) is 16.5. The molecule has 0 saturated carbocycles. The molecule has 0 fully saturated rings. The van der Waals surface area contributed by atoms with E-state index >= 15 is 0 Å². The van der Waals surface area contributed by atoms with Gasteiger partial charge in [0.1, 0.15) is 5.76 Å². The third kappa shape index (κ3) is 2.89. The lowest BCUT2D eigenvalue weighted by molar-refractivity contribution is -0.130. The fourth-order valence-corrected chi connectivity index (χ4v) is 3.69. The lowest BCUT2D eigenvalue weighted by Gasteiger charge is -2.05. The van der Waals surface area contributed by atoms with Crippen LogP contribution in [0.1, 0.15) is 16.7 Å². The summed E-state index contributed by atoms with van der Waals surface area (Å²) in [5, 5.41) is 4.58. The van der Waals surface area contributed by atoms with Crippen LogP contribution in [0.2, 0.25) is 0 Å². The van der Waals surface area contributed by atoms with Crippen molar-refractivity contribution in [1.82, 2.24) is 0 Å². The highest BCUT2D eigenvalue weighted by atomic mass is 16.5. The first-order valence-electron chi connectivity index (χ1n) is 9.31. The van der Waals surface area contributed by atoms with E-state index in [0.29, 0.717) is 11.3 Å². The van der Waals surface area contributed by atoms with E-state index in [1.807, 2.05) is 42.5 Å². The molecule has 2 nitrogen and oxygen atoms in total. The van der Waals surface area contributed by atoms with E-state index in [1.165, 1.54) is 10.9 Å². The van der Waals surface area contributed by atoms with Crippen molar-refractivity contribution in [1.29, 1.82) is 0 Å². The third-order valence-electron chi connectivity index (χ3n) is 5.14. The summed E-state index contributed by atoms with van der Waals surface area (Å²) in [6.45, 7) is 2.08. The Labute approximate surface area is 163 Å². The van der Waals surface area contributed by atoms with Gasteiger partial charge in [-0.1, -0.05) is 78.4 Å². The van der Waals surface area contributed by atoms with Gasteiger partial charge in [0, 0.05) is 5.56 Å². The zero-order valence-corrected chi connectivity index (χ0v) is 15.5. The number of ether oxygens (including phenoxy) is 1. The van der Waals surface area contributed by atoms with E-state index in [0.717, 1.165) is 27.3 Å². The second-order valence-corrected chi connectivity index (χ2v) is 7.13. The number of hydrogen-bond donors (Lipinski definition) is 0. The van der Waals surface area contributed by atoms with Crippen molar-refractivity contribution >= 4 is 39.3 Å². The third-order valence-corrected chi connectivity index (χ3v) is 5.14. The molecule has 0 atom stereocenters. The Bertz CT molecular complexity index is 1300. The molecule has 1 aliphatic rings. The Morgan fingerprint density at radius 3 is 2.50 bits per heavy atom. The lowest BCUT2D eigenvalue weighted by atomic mass is 10.0. The first-order chi connectivity index (χ1) is 13.7. The molecule has 4 aromatic rings. The number of fused-ring (bicyclic) bond motifs is 2. The van der Waals surface area contributed by atoms with Gasteiger partial charge in [-0.3, -0.25) is 0 Å². The number of cyclic esters (lactones) is 1. The minimum Gasteiger partial charge on any atom is -0.422 e. The summed E-state index contributed by atoms with van der Waals surface area (Å²) < 4.78 is 5.57. The standard InChI is InChI=1S/C26H18O2/c1-17-9-10-20-14-22(12-11-19(20)13-17)25-16-23(26(27)28-25)15-21-7-4-6-18-5-2-3-8-24(18)21/h2-16H,1H3/b23-15+. The number of esters is 1. The van der Waals surface area contributed by atoms with Crippen LogP contribution in [0.25, 0.3) is 33.4 Å². The summed E-state index contributed by atoms with van der Waals surface area (Å²) in [4.78, 5) is 12.5. The molecule has 2 heteroatoms. The van der Waals surface area contributed by atoms with Gasteiger partial charge in [-0.05, 0) is 52.3 Å². The molecular formula is C26H18O2. The summed E-state index contributed by atoms with van der Waals surface area (Å²) in [5.74, 6) is 0.283. The van der Waals surface area contributed by atoms with Gasteiger partial charge in [-0.15, -0.1) is 0 Å². The maximum absolute atomic E-state index is 12.5. The molecule has 134 valence electrons. The van der Waals surface area contributed by atoms with E-state index in [2.05, 4.69) is 55.5 Å². The number of aryl methyl sites for hydroxylation is 1. The fraction of sp³-hybridized carbons (Fsp3) is 0.0385. The monoisotopic (exact) mass is 362 g/mol. The zero-order chi connectivity index (χ0) is 19.1. The van der Waals surface area contributed by atoms with Crippen LogP contribution in [0, 0.1) is 6.92 Å². The minimum atomic E-state index is -0.313. The molecular weight excluding hydrogens is 344 g/mol. The average Bonchev–Trinajstić information content (AvgIpc) is 3.08. The molecule has 0 radical (unpaired) electrons. The van der Waals surface area contributed by atoms with Crippen LogP contribution in [0.15, 0.2) is 90.5 Å². The van der Waals surface area contributed by atoms with E-state index in [-0.39, 0.29) is 5.97 Å². The highest BCUT2D eigenvalue weighted by Crippen LogP contribution is 2.31. The molecule has 0 N–H and O–H groups in total. The fourth-order valence-electron chi connectivity index (χ4n) is 3.69. The van der Waals surface area contributed by atoms with Gasteiger partial charge in [0.15, 0.2) is 0 Å². The minimum absolute atomic E-state index is 0.313. The highest BCUT2D eigenvalue weighted by Gasteiger charge is 2.22. The first-order valence-corrected chi connectivity index (χ1v) is 9.31. The molecule has 0 aliphatic carbocycles. The normalized spacial score (nSPS) is 15.2. The van der Waals surface area contributed by atoms with Crippen LogP contribution in [0.5, 0.6) is 0 Å². The highest BCUT2D eigenvalue weighted by molar-refractivity contribution is 6.07. The summed E-state index contributed by atoms with van der Waals surface area (Å²) >= 11 is 0. The van der Waals surface area contributed by atoms with Crippen LogP contribution in [0.4, 0.5) is 0 Å². The second-order valence-electron chi connectivity index (χ2n) is 7.13. The maximum Gasteiger partial charge on any atom is 0.343 e. The molecule has 0 unspecified atom stereocenters. The van der Waals surface area contributed by atoms with Crippen molar-refractivity contribution in [3.8, 4) is 0 Å².